The number of hydrogen-bond donors (Lipinski definition) is 1. The van der Waals surface area contributed by atoms with Crippen LogP contribution in [0.3, 0.4) is 0 Å². The van der Waals surface area contributed by atoms with Crippen molar-refractivity contribution in [3.63, 3.8) is 0 Å². The normalized spacial score (nSPS) is 23.5. The van der Waals surface area contributed by atoms with Crippen LogP contribution in [0.4, 0.5) is 0 Å². The molecule has 0 aromatic carbocycles. The summed E-state index contributed by atoms with van der Waals surface area (Å²) < 4.78 is 5.73. The van der Waals surface area contributed by atoms with E-state index in [0.29, 0.717) is 11.5 Å². The van der Waals surface area contributed by atoms with E-state index in [-0.39, 0.29) is 5.54 Å². The van der Waals surface area contributed by atoms with Gasteiger partial charge in [0.2, 0.25) is 0 Å². The van der Waals surface area contributed by atoms with Crippen LogP contribution in [0.5, 0.6) is 0 Å². The lowest BCUT2D eigenvalue weighted by molar-refractivity contribution is 0.0968. The average molecular weight is 269 g/mol. The Morgan fingerprint density at radius 2 is 1.89 bits per heavy atom. The van der Waals surface area contributed by atoms with Crippen LogP contribution >= 0.6 is 0 Å². The van der Waals surface area contributed by atoms with Gasteiger partial charge in [-0.3, -0.25) is 0 Å². The zero-order valence-electron chi connectivity index (χ0n) is 13.8. The zero-order chi connectivity index (χ0) is 14.4. The van der Waals surface area contributed by atoms with E-state index in [1.807, 2.05) is 0 Å². The second-order valence-electron chi connectivity index (χ2n) is 7.69. The summed E-state index contributed by atoms with van der Waals surface area (Å²) in [5.41, 5.74) is 0.671. The first-order valence-corrected chi connectivity index (χ1v) is 8.21. The molecule has 1 aliphatic rings. The molecule has 0 radical (unpaired) electrons. The molecule has 0 bridgehead atoms. The van der Waals surface area contributed by atoms with E-state index in [1.54, 1.807) is 0 Å². The quantitative estimate of drug-likeness (QED) is 0.699. The minimum absolute atomic E-state index is 0.226. The van der Waals surface area contributed by atoms with Crippen LogP contribution in [-0.2, 0) is 4.74 Å². The third kappa shape index (κ3) is 7.31. The first kappa shape index (κ1) is 17.0. The van der Waals surface area contributed by atoms with E-state index in [0.717, 1.165) is 13.2 Å². The maximum Gasteiger partial charge on any atom is 0.0576 e. The van der Waals surface area contributed by atoms with Gasteiger partial charge >= 0.3 is 0 Å². The molecule has 0 aliphatic carbocycles. The highest BCUT2D eigenvalue weighted by atomic mass is 16.5. The Bertz CT molecular complexity index is 240. The largest absolute Gasteiger partial charge is 0.378 e. The van der Waals surface area contributed by atoms with Crippen LogP contribution in [0.1, 0.15) is 79.6 Å². The SMILES string of the molecule is CCCC(C)(CCCC1CCCO1)CNC(C)(C)C. The molecule has 1 rings (SSSR count). The van der Waals surface area contributed by atoms with Crippen molar-refractivity contribution in [3.05, 3.63) is 0 Å². The van der Waals surface area contributed by atoms with Gasteiger partial charge in [-0.05, 0) is 58.3 Å². The molecule has 1 aliphatic heterocycles. The summed E-state index contributed by atoms with van der Waals surface area (Å²) in [6, 6.07) is 0. The molecule has 0 saturated carbocycles. The van der Waals surface area contributed by atoms with Gasteiger partial charge < -0.3 is 10.1 Å². The Balaban J connectivity index is 2.32. The van der Waals surface area contributed by atoms with E-state index < -0.39 is 0 Å². The number of nitrogens with one attached hydrogen (secondary N) is 1. The summed E-state index contributed by atoms with van der Waals surface area (Å²) >= 11 is 0. The molecule has 114 valence electrons. The van der Waals surface area contributed by atoms with Gasteiger partial charge in [-0.25, -0.2) is 0 Å². The number of hydrogen-bond acceptors (Lipinski definition) is 2. The highest BCUT2D eigenvalue weighted by Gasteiger charge is 2.26. The van der Waals surface area contributed by atoms with Crippen LogP contribution in [0.2, 0.25) is 0 Å². The molecule has 0 aromatic heterocycles. The van der Waals surface area contributed by atoms with Gasteiger partial charge in [0.15, 0.2) is 0 Å². The molecule has 0 spiro atoms. The third-order valence-electron chi connectivity index (χ3n) is 4.23. The highest BCUT2D eigenvalue weighted by molar-refractivity contribution is 4.81. The summed E-state index contributed by atoms with van der Waals surface area (Å²) in [7, 11) is 0. The van der Waals surface area contributed by atoms with Gasteiger partial charge in [0.05, 0.1) is 6.10 Å². The smallest absolute Gasteiger partial charge is 0.0576 e. The predicted molar refractivity (Wildman–Crippen MR) is 83.6 cm³/mol. The second-order valence-corrected chi connectivity index (χ2v) is 7.69. The van der Waals surface area contributed by atoms with Gasteiger partial charge in [-0.2, -0.15) is 0 Å². The van der Waals surface area contributed by atoms with Gasteiger partial charge in [-0.1, -0.05) is 26.7 Å². The van der Waals surface area contributed by atoms with Gasteiger partial charge in [0.1, 0.15) is 0 Å². The van der Waals surface area contributed by atoms with Crippen LogP contribution in [0, 0.1) is 5.41 Å². The van der Waals surface area contributed by atoms with Crippen molar-refractivity contribution >= 4 is 0 Å². The lowest BCUT2D eigenvalue weighted by Crippen LogP contribution is -2.43. The van der Waals surface area contributed by atoms with E-state index in [4.69, 9.17) is 4.74 Å². The zero-order valence-corrected chi connectivity index (χ0v) is 13.8. The molecule has 1 heterocycles. The van der Waals surface area contributed by atoms with Crippen molar-refractivity contribution in [2.24, 2.45) is 5.41 Å². The van der Waals surface area contributed by atoms with E-state index in [1.165, 1.54) is 44.9 Å². The van der Waals surface area contributed by atoms with E-state index >= 15 is 0 Å². The molecule has 2 atom stereocenters. The Labute approximate surface area is 120 Å². The first-order valence-electron chi connectivity index (χ1n) is 8.21. The Hall–Kier alpha value is -0.0800. The van der Waals surface area contributed by atoms with Crippen molar-refractivity contribution in [3.8, 4) is 0 Å². The molecule has 1 saturated heterocycles. The van der Waals surface area contributed by atoms with Crippen molar-refractivity contribution in [1.82, 2.24) is 5.32 Å². The fraction of sp³-hybridized carbons (Fsp3) is 1.00. The fourth-order valence-electron chi connectivity index (χ4n) is 3.01. The van der Waals surface area contributed by atoms with Crippen molar-refractivity contribution < 1.29 is 4.74 Å². The molecule has 1 fully saturated rings. The Morgan fingerprint density at radius 1 is 1.16 bits per heavy atom. The molecular formula is C17H35NO. The third-order valence-corrected chi connectivity index (χ3v) is 4.23. The molecule has 1 N–H and O–H groups in total. The second kappa shape index (κ2) is 7.64. The molecule has 2 nitrogen and oxygen atoms in total. The first-order chi connectivity index (χ1) is 8.85. The molecule has 2 unspecified atom stereocenters. The topological polar surface area (TPSA) is 21.3 Å². The van der Waals surface area contributed by atoms with Crippen LogP contribution in [-0.4, -0.2) is 24.8 Å². The maximum atomic E-state index is 5.73. The standard InChI is InChI=1S/C17H35NO/c1-6-11-17(5,14-18-16(2,3)4)12-7-9-15-10-8-13-19-15/h15,18H,6-14H2,1-5H3. The lowest BCUT2D eigenvalue weighted by Gasteiger charge is -2.34. The maximum absolute atomic E-state index is 5.73. The van der Waals surface area contributed by atoms with Gasteiger partial charge in [0, 0.05) is 18.7 Å². The van der Waals surface area contributed by atoms with Crippen molar-refractivity contribution in [1.29, 1.82) is 0 Å². The van der Waals surface area contributed by atoms with E-state index in [9.17, 15) is 0 Å². The molecule has 0 aromatic rings. The molecule has 19 heavy (non-hydrogen) atoms. The number of ether oxygens (including phenoxy) is 1. The van der Waals surface area contributed by atoms with E-state index in [2.05, 4.69) is 39.9 Å². The minimum Gasteiger partial charge on any atom is -0.378 e. The van der Waals surface area contributed by atoms with Crippen LogP contribution in [0.15, 0.2) is 0 Å². The summed E-state index contributed by atoms with van der Waals surface area (Å²) in [4.78, 5) is 0. The summed E-state index contributed by atoms with van der Waals surface area (Å²) in [6.07, 6.45) is 9.60. The Kier molecular flexibility index (Phi) is 6.82. The van der Waals surface area contributed by atoms with Gasteiger partial charge in [0.25, 0.3) is 0 Å². The molecule has 0 amide bonds. The van der Waals surface area contributed by atoms with Crippen molar-refractivity contribution in [2.45, 2.75) is 91.2 Å². The molecule has 2 heteroatoms. The lowest BCUT2D eigenvalue weighted by atomic mass is 9.79. The van der Waals surface area contributed by atoms with Gasteiger partial charge in [-0.15, -0.1) is 0 Å². The average Bonchev–Trinajstić information content (AvgIpc) is 2.79. The van der Waals surface area contributed by atoms with Crippen LogP contribution < -0.4 is 5.32 Å². The van der Waals surface area contributed by atoms with Crippen molar-refractivity contribution in [2.75, 3.05) is 13.2 Å². The highest BCUT2D eigenvalue weighted by Crippen LogP contribution is 2.31. The molecular weight excluding hydrogens is 234 g/mol. The monoisotopic (exact) mass is 269 g/mol. The Morgan fingerprint density at radius 3 is 2.42 bits per heavy atom. The van der Waals surface area contributed by atoms with Crippen LogP contribution in [0.25, 0.3) is 0 Å². The fourth-order valence-corrected chi connectivity index (χ4v) is 3.01. The summed E-state index contributed by atoms with van der Waals surface area (Å²) in [5, 5.41) is 3.69. The predicted octanol–water partition coefficient (Wildman–Crippen LogP) is 4.53. The minimum atomic E-state index is 0.226. The number of rotatable bonds is 8. The summed E-state index contributed by atoms with van der Waals surface area (Å²) in [5.74, 6) is 0. The summed E-state index contributed by atoms with van der Waals surface area (Å²) in [6.45, 7) is 13.6.